The molecule has 1 heterocycles. The monoisotopic (exact) mass is 242 g/mol. The Morgan fingerprint density at radius 2 is 1.71 bits per heavy atom. The minimum atomic E-state index is 0.212. The minimum Gasteiger partial charge on any atom is -0.385 e. The average molecular weight is 242 g/mol. The molecule has 1 rings (SSSR count). The fourth-order valence-electron chi connectivity index (χ4n) is 2.22. The SMILES string of the molecule is COCCCCCCN1CCN(C(C)=O)CC1. The summed E-state index contributed by atoms with van der Waals surface area (Å²) in [7, 11) is 1.76. The van der Waals surface area contributed by atoms with Gasteiger partial charge in [0.2, 0.25) is 5.91 Å². The van der Waals surface area contributed by atoms with E-state index >= 15 is 0 Å². The Morgan fingerprint density at radius 1 is 1.06 bits per heavy atom. The van der Waals surface area contributed by atoms with Gasteiger partial charge in [0.1, 0.15) is 0 Å². The molecule has 1 aliphatic rings. The second-order valence-corrected chi connectivity index (χ2v) is 4.75. The van der Waals surface area contributed by atoms with Crippen molar-refractivity contribution >= 4 is 5.91 Å². The molecule has 0 atom stereocenters. The van der Waals surface area contributed by atoms with Crippen molar-refractivity contribution in [2.75, 3.05) is 46.4 Å². The van der Waals surface area contributed by atoms with Crippen LogP contribution in [-0.2, 0) is 9.53 Å². The summed E-state index contributed by atoms with van der Waals surface area (Å²) in [5.41, 5.74) is 0. The van der Waals surface area contributed by atoms with E-state index in [0.717, 1.165) is 32.8 Å². The summed E-state index contributed by atoms with van der Waals surface area (Å²) in [5.74, 6) is 0.212. The van der Waals surface area contributed by atoms with Crippen molar-refractivity contribution in [2.45, 2.75) is 32.6 Å². The maximum absolute atomic E-state index is 11.2. The lowest BCUT2D eigenvalue weighted by Crippen LogP contribution is -2.48. The molecular formula is C13H26N2O2. The molecule has 100 valence electrons. The van der Waals surface area contributed by atoms with Crippen molar-refractivity contribution in [3.63, 3.8) is 0 Å². The lowest BCUT2D eigenvalue weighted by atomic mass is 10.2. The van der Waals surface area contributed by atoms with Crippen LogP contribution in [0.25, 0.3) is 0 Å². The molecule has 1 saturated heterocycles. The predicted molar refractivity (Wildman–Crippen MR) is 69.0 cm³/mol. The van der Waals surface area contributed by atoms with Crippen molar-refractivity contribution in [2.24, 2.45) is 0 Å². The van der Waals surface area contributed by atoms with Gasteiger partial charge in [0.25, 0.3) is 0 Å². The Kier molecular flexibility index (Phi) is 7.21. The first kappa shape index (κ1) is 14.5. The third kappa shape index (κ3) is 6.03. The first-order valence-corrected chi connectivity index (χ1v) is 6.71. The topological polar surface area (TPSA) is 32.8 Å². The fourth-order valence-corrected chi connectivity index (χ4v) is 2.22. The summed E-state index contributed by atoms with van der Waals surface area (Å²) in [4.78, 5) is 15.6. The second-order valence-electron chi connectivity index (χ2n) is 4.75. The molecule has 1 aliphatic heterocycles. The second kappa shape index (κ2) is 8.48. The molecule has 0 saturated carbocycles. The number of unbranched alkanes of at least 4 members (excludes halogenated alkanes) is 3. The number of piperazine rings is 1. The molecule has 0 spiro atoms. The van der Waals surface area contributed by atoms with Crippen LogP contribution in [0.3, 0.4) is 0 Å². The number of methoxy groups -OCH3 is 1. The number of rotatable bonds is 7. The van der Waals surface area contributed by atoms with Gasteiger partial charge in [-0.3, -0.25) is 9.69 Å². The van der Waals surface area contributed by atoms with Gasteiger partial charge in [-0.2, -0.15) is 0 Å². The first-order chi connectivity index (χ1) is 8.24. The highest BCUT2D eigenvalue weighted by Gasteiger charge is 2.17. The van der Waals surface area contributed by atoms with Gasteiger partial charge >= 0.3 is 0 Å². The van der Waals surface area contributed by atoms with E-state index in [9.17, 15) is 4.79 Å². The van der Waals surface area contributed by atoms with Crippen molar-refractivity contribution < 1.29 is 9.53 Å². The van der Waals surface area contributed by atoms with Gasteiger partial charge < -0.3 is 9.64 Å². The summed E-state index contributed by atoms with van der Waals surface area (Å²) < 4.78 is 5.02. The van der Waals surface area contributed by atoms with Crippen LogP contribution in [0.1, 0.15) is 32.6 Å². The summed E-state index contributed by atoms with van der Waals surface area (Å²) in [6.07, 6.45) is 5.00. The number of hydrogen-bond donors (Lipinski definition) is 0. The van der Waals surface area contributed by atoms with Gasteiger partial charge in [0.15, 0.2) is 0 Å². The molecule has 0 radical (unpaired) electrons. The van der Waals surface area contributed by atoms with Crippen LogP contribution < -0.4 is 0 Å². The molecule has 4 heteroatoms. The summed E-state index contributed by atoms with van der Waals surface area (Å²) in [6, 6.07) is 0. The number of carbonyl (C=O) groups is 1. The zero-order valence-electron chi connectivity index (χ0n) is 11.3. The predicted octanol–water partition coefficient (Wildman–Crippen LogP) is 1.36. The van der Waals surface area contributed by atoms with Crippen LogP contribution in [0.4, 0.5) is 0 Å². The number of hydrogen-bond acceptors (Lipinski definition) is 3. The molecule has 0 aromatic rings. The number of ether oxygens (including phenoxy) is 1. The first-order valence-electron chi connectivity index (χ1n) is 6.71. The summed E-state index contributed by atoms with van der Waals surface area (Å²) >= 11 is 0. The van der Waals surface area contributed by atoms with Crippen LogP contribution in [0.5, 0.6) is 0 Å². The van der Waals surface area contributed by atoms with E-state index in [-0.39, 0.29) is 5.91 Å². The van der Waals surface area contributed by atoms with E-state index in [1.807, 2.05) is 4.90 Å². The van der Waals surface area contributed by atoms with Crippen molar-refractivity contribution in [3.8, 4) is 0 Å². The third-order valence-electron chi connectivity index (χ3n) is 3.39. The van der Waals surface area contributed by atoms with Gasteiger partial charge in [-0.05, 0) is 19.4 Å². The minimum absolute atomic E-state index is 0.212. The number of carbonyl (C=O) groups excluding carboxylic acids is 1. The standard InChI is InChI=1S/C13H26N2O2/c1-13(16)15-10-8-14(9-11-15)7-5-3-4-6-12-17-2/h3-12H2,1-2H3. The van der Waals surface area contributed by atoms with E-state index in [4.69, 9.17) is 4.74 Å². The zero-order chi connectivity index (χ0) is 12.5. The molecule has 1 amide bonds. The number of amides is 1. The van der Waals surface area contributed by atoms with Crippen LogP contribution in [0, 0.1) is 0 Å². The third-order valence-corrected chi connectivity index (χ3v) is 3.39. The van der Waals surface area contributed by atoms with Crippen LogP contribution >= 0.6 is 0 Å². The zero-order valence-corrected chi connectivity index (χ0v) is 11.3. The number of nitrogens with zero attached hydrogens (tertiary/aromatic N) is 2. The lowest BCUT2D eigenvalue weighted by Gasteiger charge is -2.34. The normalized spacial score (nSPS) is 17.4. The van der Waals surface area contributed by atoms with Gasteiger partial charge in [-0.25, -0.2) is 0 Å². The van der Waals surface area contributed by atoms with E-state index in [1.165, 1.54) is 32.2 Å². The molecule has 0 aromatic heterocycles. The Balaban J connectivity index is 1.97. The van der Waals surface area contributed by atoms with E-state index < -0.39 is 0 Å². The maximum atomic E-state index is 11.2. The molecular weight excluding hydrogens is 216 g/mol. The Hall–Kier alpha value is -0.610. The molecule has 4 nitrogen and oxygen atoms in total. The van der Waals surface area contributed by atoms with Gasteiger partial charge in [-0.1, -0.05) is 12.8 Å². The molecule has 0 N–H and O–H groups in total. The molecule has 0 aromatic carbocycles. The maximum Gasteiger partial charge on any atom is 0.219 e. The van der Waals surface area contributed by atoms with Crippen LogP contribution in [0.15, 0.2) is 0 Å². The van der Waals surface area contributed by atoms with Gasteiger partial charge in [0.05, 0.1) is 0 Å². The highest BCUT2D eigenvalue weighted by molar-refractivity contribution is 5.73. The highest BCUT2D eigenvalue weighted by atomic mass is 16.5. The molecule has 1 fully saturated rings. The largest absolute Gasteiger partial charge is 0.385 e. The smallest absolute Gasteiger partial charge is 0.219 e. The molecule has 0 aliphatic carbocycles. The van der Waals surface area contributed by atoms with Gasteiger partial charge in [0, 0.05) is 46.8 Å². The quantitative estimate of drug-likeness (QED) is 0.632. The molecule has 17 heavy (non-hydrogen) atoms. The van der Waals surface area contributed by atoms with Crippen molar-refractivity contribution in [1.29, 1.82) is 0 Å². The van der Waals surface area contributed by atoms with E-state index in [1.54, 1.807) is 14.0 Å². The summed E-state index contributed by atoms with van der Waals surface area (Å²) in [6.45, 7) is 7.61. The Labute approximate surface area is 105 Å². The highest BCUT2D eigenvalue weighted by Crippen LogP contribution is 2.06. The average Bonchev–Trinajstić information content (AvgIpc) is 2.34. The molecule has 0 unspecified atom stereocenters. The van der Waals surface area contributed by atoms with Crippen molar-refractivity contribution in [3.05, 3.63) is 0 Å². The van der Waals surface area contributed by atoms with E-state index in [0.29, 0.717) is 0 Å². The Morgan fingerprint density at radius 3 is 2.29 bits per heavy atom. The van der Waals surface area contributed by atoms with Crippen molar-refractivity contribution in [1.82, 2.24) is 9.80 Å². The fraction of sp³-hybridized carbons (Fsp3) is 0.923. The van der Waals surface area contributed by atoms with Crippen LogP contribution in [-0.4, -0.2) is 62.1 Å². The Bertz CT molecular complexity index is 213. The lowest BCUT2D eigenvalue weighted by molar-refractivity contribution is -0.130. The van der Waals surface area contributed by atoms with Gasteiger partial charge in [-0.15, -0.1) is 0 Å². The molecule has 0 bridgehead atoms. The van der Waals surface area contributed by atoms with E-state index in [2.05, 4.69) is 4.90 Å². The summed E-state index contributed by atoms with van der Waals surface area (Å²) in [5, 5.41) is 0. The van der Waals surface area contributed by atoms with Crippen LogP contribution in [0.2, 0.25) is 0 Å².